The van der Waals surface area contributed by atoms with E-state index in [-0.39, 0.29) is 0 Å². The van der Waals surface area contributed by atoms with Gasteiger partial charge in [-0.2, -0.15) is 0 Å². The first kappa shape index (κ1) is 16.7. The lowest BCUT2D eigenvalue weighted by Crippen LogP contribution is -2.42. The minimum Gasteiger partial charge on any atom is -0.316 e. The standard InChI is InChI=1S/C15H32N2/c1-7-9-17(10-8-2)15(6)14(5)12-16-11-13(3)4/h7,13-16H,1,8-12H2,2-6H3. The van der Waals surface area contributed by atoms with Crippen molar-refractivity contribution in [3.05, 3.63) is 12.7 Å². The van der Waals surface area contributed by atoms with Crippen molar-refractivity contribution in [3.8, 4) is 0 Å². The van der Waals surface area contributed by atoms with E-state index < -0.39 is 0 Å². The van der Waals surface area contributed by atoms with Gasteiger partial charge in [0.1, 0.15) is 0 Å². The molecule has 0 spiro atoms. The van der Waals surface area contributed by atoms with Crippen LogP contribution < -0.4 is 5.32 Å². The molecule has 0 aliphatic heterocycles. The van der Waals surface area contributed by atoms with Crippen LogP contribution in [0, 0.1) is 11.8 Å². The third kappa shape index (κ3) is 7.56. The second kappa shape index (κ2) is 9.67. The van der Waals surface area contributed by atoms with E-state index >= 15 is 0 Å². The van der Waals surface area contributed by atoms with Gasteiger partial charge in [-0.1, -0.05) is 33.8 Å². The third-order valence-corrected chi connectivity index (χ3v) is 3.29. The van der Waals surface area contributed by atoms with Crippen LogP contribution in [0.5, 0.6) is 0 Å². The Kier molecular flexibility index (Phi) is 9.47. The van der Waals surface area contributed by atoms with Crippen molar-refractivity contribution < 1.29 is 0 Å². The highest BCUT2D eigenvalue weighted by molar-refractivity contribution is 4.80. The van der Waals surface area contributed by atoms with Crippen molar-refractivity contribution in [1.29, 1.82) is 0 Å². The summed E-state index contributed by atoms with van der Waals surface area (Å²) in [5.41, 5.74) is 0. The summed E-state index contributed by atoms with van der Waals surface area (Å²) in [6.07, 6.45) is 3.23. The molecular weight excluding hydrogens is 208 g/mol. The van der Waals surface area contributed by atoms with E-state index in [2.05, 4.69) is 51.4 Å². The van der Waals surface area contributed by atoms with Gasteiger partial charge in [0, 0.05) is 12.6 Å². The van der Waals surface area contributed by atoms with Gasteiger partial charge < -0.3 is 5.32 Å². The molecule has 0 aromatic rings. The average molecular weight is 240 g/mol. The zero-order valence-electron chi connectivity index (χ0n) is 12.5. The van der Waals surface area contributed by atoms with Crippen LogP contribution in [-0.2, 0) is 0 Å². The van der Waals surface area contributed by atoms with Crippen LogP contribution in [0.15, 0.2) is 12.7 Å². The molecule has 0 fully saturated rings. The highest BCUT2D eigenvalue weighted by Gasteiger charge is 2.18. The van der Waals surface area contributed by atoms with Gasteiger partial charge in [-0.3, -0.25) is 4.90 Å². The zero-order valence-corrected chi connectivity index (χ0v) is 12.5. The molecule has 0 radical (unpaired) electrons. The van der Waals surface area contributed by atoms with Gasteiger partial charge in [-0.15, -0.1) is 6.58 Å². The summed E-state index contributed by atoms with van der Waals surface area (Å²) >= 11 is 0. The predicted octanol–water partition coefficient (Wildman–Crippen LogP) is 3.15. The molecule has 2 unspecified atom stereocenters. The number of nitrogens with zero attached hydrogens (tertiary/aromatic N) is 1. The summed E-state index contributed by atoms with van der Waals surface area (Å²) in [7, 11) is 0. The van der Waals surface area contributed by atoms with E-state index in [1.54, 1.807) is 0 Å². The SMILES string of the molecule is C=CCN(CCC)C(C)C(C)CNCC(C)C. The zero-order chi connectivity index (χ0) is 13.3. The van der Waals surface area contributed by atoms with Crippen molar-refractivity contribution >= 4 is 0 Å². The second-order valence-corrected chi connectivity index (χ2v) is 5.55. The molecular formula is C15H32N2. The van der Waals surface area contributed by atoms with Crippen LogP contribution in [0.1, 0.15) is 41.0 Å². The van der Waals surface area contributed by atoms with Gasteiger partial charge in [0.25, 0.3) is 0 Å². The monoisotopic (exact) mass is 240 g/mol. The Hall–Kier alpha value is -0.340. The summed E-state index contributed by atoms with van der Waals surface area (Å²) in [6, 6.07) is 0.618. The topological polar surface area (TPSA) is 15.3 Å². The molecule has 0 saturated carbocycles. The Morgan fingerprint density at radius 1 is 1.18 bits per heavy atom. The molecule has 1 N–H and O–H groups in total. The lowest BCUT2D eigenvalue weighted by Gasteiger charge is -2.32. The van der Waals surface area contributed by atoms with Crippen LogP contribution >= 0.6 is 0 Å². The van der Waals surface area contributed by atoms with E-state index in [0.29, 0.717) is 12.0 Å². The van der Waals surface area contributed by atoms with Gasteiger partial charge >= 0.3 is 0 Å². The molecule has 17 heavy (non-hydrogen) atoms. The van der Waals surface area contributed by atoms with Gasteiger partial charge in [-0.25, -0.2) is 0 Å². The molecule has 0 amide bonds. The Morgan fingerprint density at radius 2 is 1.82 bits per heavy atom. The fourth-order valence-corrected chi connectivity index (χ4v) is 2.04. The molecule has 0 aliphatic carbocycles. The van der Waals surface area contributed by atoms with Crippen LogP contribution in [-0.4, -0.2) is 37.1 Å². The van der Waals surface area contributed by atoms with Crippen molar-refractivity contribution in [2.24, 2.45) is 11.8 Å². The lowest BCUT2D eigenvalue weighted by molar-refractivity contribution is 0.176. The fourth-order valence-electron chi connectivity index (χ4n) is 2.04. The molecule has 0 aromatic heterocycles. The highest BCUT2D eigenvalue weighted by atomic mass is 15.1. The van der Waals surface area contributed by atoms with Crippen LogP contribution in [0.4, 0.5) is 0 Å². The van der Waals surface area contributed by atoms with Gasteiger partial charge in [-0.05, 0) is 44.8 Å². The molecule has 2 heteroatoms. The summed E-state index contributed by atoms with van der Waals surface area (Å²) in [4.78, 5) is 2.52. The van der Waals surface area contributed by atoms with Gasteiger partial charge in [0.2, 0.25) is 0 Å². The normalized spacial score (nSPS) is 15.2. The first-order valence-corrected chi connectivity index (χ1v) is 7.08. The Balaban J connectivity index is 4.04. The number of nitrogens with one attached hydrogen (secondary N) is 1. The van der Waals surface area contributed by atoms with Crippen LogP contribution in [0.25, 0.3) is 0 Å². The van der Waals surface area contributed by atoms with Gasteiger partial charge in [0.15, 0.2) is 0 Å². The maximum Gasteiger partial charge on any atom is 0.0163 e. The summed E-state index contributed by atoms with van der Waals surface area (Å²) in [5.74, 6) is 1.41. The van der Waals surface area contributed by atoms with Gasteiger partial charge in [0.05, 0.1) is 0 Å². The smallest absolute Gasteiger partial charge is 0.0163 e. The highest BCUT2D eigenvalue weighted by Crippen LogP contribution is 2.11. The largest absolute Gasteiger partial charge is 0.316 e. The number of hydrogen-bond acceptors (Lipinski definition) is 2. The third-order valence-electron chi connectivity index (χ3n) is 3.29. The lowest BCUT2D eigenvalue weighted by atomic mass is 10.0. The summed E-state index contributed by atoms with van der Waals surface area (Å²) in [5, 5.41) is 3.55. The van der Waals surface area contributed by atoms with E-state index in [9.17, 15) is 0 Å². The van der Waals surface area contributed by atoms with E-state index in [0.717, 1.165) is 25.6 Å². The van der Waals surface area contributed by atoms with Crippen molar-refractivity contribution in [1.82, 2.24) is 10.2 Å². The average Bonchev–Trinajstić information content (AvgIpc) is 2.27. The molecule has 0 saturated heterocycles. The fraction of sp³-hybridized carbons (Fsp3) is 0.867. The molecule has 102 valence electrons. The first-order chi connectivity index (χ1) is 8.02. The molecule has 0 bridgehead atoms. The second-order valence-electron chi connectivity index (χ2n) is 5.55. The van der Waals surface area contributed by atoms with E-state index in [4.69, 9.17) is 0 Å². The molecule has 0 aliphatic rings. The maximum absolute atomic E-state index is 3.85. The Bertz CT molecular complexity index is 189. The number of rotatable bonds is 10. The maximum atomic E-state index is 3.85. The Labute approximate surface area is 108 Å². The Morgan fingerprint density at radius 3 is 2.29 bits per heavy atom. The summed E-state index contributed by atoms with van der Waals surface area (Å²) in [6.45, 7) is 19.7. The predicted molar refractivity (Wildman–Crippen MR) is 78.4 cm³/mol. The molecule has 0 heterocycles. The minimum atomic E-state index is 0.618. The van der Waals surface area contributed by atoms with Crippen molar-refractivity contribution in [2.45, 2.75) is 47.1 Å². The van der Waals surface area contributed by atoms with Crippen LogP contribution in [0.3, 0.4) is 0 Å². The molecule has 0 aromatic carbocycles. The quantitative estimate of drug-likeness (QED) is 0.590. The van der Waals surface area contributed by atoms with Crippen molar-refractivity contribution in [2.75, 3.05) is 26.2 Å². The van der Waals surface area contributed by atoms with Crippen molar-refractivity contribution in [3.63, 3.8) is 0 Å². The summed E-state index contributed by atoms with van der Waals surface area (Å²) < 4.78 is 0. The molecule has 2 nitrogen and oxygen atoms in total. The minimum absolute atomic E-state index is 0.618. The molecule has 0 rings (SSSR count). The van der Waals surface area contributed by atoms with E-state index in [1.165, 1.54) is 13.0 Å². The van der Waals surface area contributed by atoms with E-state index in [1.807, 2.05) is 6.08 Å². The van der Waals surface area contributed by atoms with Crippen LogP contribution in [0.2, 0.25) is 0 Å². The first-order valence-electron chi connectivity index (χ1n) is 7.08. The molecule has 2 atom stereocenters. The number of hydrogen-bond donors (Lipinski definition) is 1.